The van der Waals surface area contributed by atoms with E-state index in [9.17, 15) is 9.59 Å². The molecule has 6 heteroatoms. The zero-order chi connectivity index (χ0) is 19.1. The summed E-state index contributed by atoms with van der Waals surface area (Å²) in [5, 5.41) is 6.97. The Bertz CT molecular complexity index is 891. The number of nitrogens with one attached hydrogen (secondary N) is 1. The monoisotopic (exact) mass is 363 g/mol. The van der Waals surface area contributed by atoms with Crippen LogP contribution in [0.3, 0.4) is 0 Å². The van der Waals surface area contributed by atoms with Gasteiger partial charge in [0, 0.05) is 6.20 Å². The average molecular weight is 363 g/mol. The summed E-state index contributed by atoms with van der Waals surface area (Å²) in [5.41, 5.74) is 2.38. The Morgan fingerprint density at radius 1 is 1.07 bits per heavy atom. The van der Waals surface area contributed by atoms with E-state index in [0.717, 1.165) is 11.1 Å². The highest BCUT2D eigenvalue weighted by Crippen LogP contribution is 2.11. The van der Waals surface area contributed by atoms with Gasteiger partial charge in [0.15, 0.2) is 6.61 Å². The molecule has 1 amide bonds. The molecular weight excluding hydrogens is 342 g/mol. The lowest BCUT2D eigenvalue weighted by atomic mass is 10.1. The van der Waals surface area contributed by atoms with Crippen molar-refractivity contribution in [3.63, 3.8) is 0 Å². The van der Waals surface area contributed by atoms with Gasteiger partial charge in [-0.15, -0.1) is 0 Å². The van der Waals surface area contributed by atoms with Crippen LogP contribution in [-0.2, 0) is 16.1 Å². The summed E-state index contributed by atoms with van der Waals surface area (Å²) in [5.74, 6) is -0.923. The molecule has 27 heavy (non-hydrogen) atoms. The molecule has 1 aromatic heterocycles. The van der Waals surface area contributed by atoms with Gasteiger partial charge in [-0.3, -0.25) is 9.48 Å². The molecule has 0 saturated carbocycles. The lowest BCUT2D eigenvalue weighted by Gasteiger charge is -2.14. The first-order valence-electron chi connectivity index (χ1n) is 8.69. The summed E-state index contributed by atoms with van der Waals surface area (Å²) < 4.78 is 6.74. The molecule has 0 spiro atoms. The Morgan fingerprint density at radius 2 is 1.74 bits per heavy atom. The summed E-state index contributed by atoms with van der Waals surface area (Å²) in [6, 6.07) is 19.2. The molecule has 0 aliphatic rings. The number of aromatic nitrogens is 2. The molecule has 0 radical (unpaired) electrons. The minimum atomic E-state index is -0.572. The maximum absolute atomic E-state index is 12.1. The summed E-state index contributed by atoms with van der Waals surface area (Å²) in [7, 11) is 0. The van der Waals surface area contributed by atoms with Crippen LogP contribution >= 0.6 is 0 Å². The smallest absolute Gasteiger partial charge is 0.341 e. The SMILES string of the molecule is CC(NC(=O)COC(=O)c1cnn(Cc2ccccc2)c1)c1ccccc1. The summed E-state index contributed by atoms with van der Waals surface area (Å²) >= 11 is 0. The van der Waals surface area contributed by atoms with E-state index in [1.165, 1.54) is 6.20 Å². The predicted octanol–water partition coefficient (Wildman–Crippen LogP) is 2.97. The average Bonchev–Trinajstić information content (AvgIpc) is 3.16. The van der Waals surface area contributed by atoms with Crippen LogP contribution in [0.15, 0.2) is 73.1 Å². The number of hydrogen-bond acceptors (Lipinski definition) is 4. The lowest BCUT2D eigenvalue weighted by Crippen LogP contribution is -2.31. The normalized spacial score (nSPS) is 11.6. The van der Waals surface area contributed by atoms with Crippen LogP contribution in [0.1, 0.15) is 34.5 Å². The van der Waals surface area contributed by atoms with Gasteiger partial charge in [0.05, 0.1) is 24.3 Å². The molecule has 138 valence electrons. The van der Waals surface area contributed by atoms with Crippen molar-refractivity contribution in [2.24, 2.45) is 0 Å². The molecule has 2 aromatic carbocycles. The Balaban J connectivity index is 1.48. The van der Waals surface area contributed by atoms with E-state index in [1.54, 1.807) is 10.9 Å². The second-order valence-corrected chi connectivity index (χ2v) is 6.19. The van der Waals surface area contributed by atoms with E-state index in [1.807, 2.05) is 67.6 Å². The fourth-order valence-electron chi connectivity index (χ4n) is 2.65. The molecule has 1 unspecified atom stereocenters. The minimum Gasteiger partial charge on any atom is -0.452 e. The highest BCUT2D eigenvalue weighted by molar-refractivity contribution is 5.90. The van der Waals surface area contributed by atoms with Gasteiger partial charge in [0.25, 0.3) is 5.91 Å². The Labute approximate surface area is 157 Å². The van der Waals surface area contributed by atoms with Crippen LogP contribution in [-0.4, -0.2) is 28.3 Å². The van der Waals surface area contributed by atoms with Crippen molar-refractivity contribution in [2.45, 2.75) is 19.5 Å². The fraction of sp³-hybridized carbons (Fsp3) is 0.190. The van der Waals surface area contributed by atoms with Crippen molar-refractivity contribution >= 4 is 11.9 Å². The Morgan fingerprint density at radius 3 is 2.44 bits per heavy atom. The van der Waals surface area contributed by atoms with Crippen molar-refractivity contribution in [3.8, 4) is 0 Å². The quantitative estimate of drug-likeness (QED) is 0.655. The predicted molar refractivity (Wildman–Crippen MR) is 101 cm³/mol. The third-order valence-electron chi connectivity index (χ3n) is 4.07. The summed E-state index contributed by atoms with van der Waals surface area (Å²) in [6.07, 6.45) is 3.05. The maximum atomic E-state index is 12.1. The summed E-state index contributed by atoms with van der Waals surface area (Å²) in [4.78, 5) is 24.1. The topological polar surface area (TPSA) is 73.2 Å². The Kier molecular flexibility index (Phi) is 5.99. The van der Waals surface area contributed by atoms with Crippen LogP contribution < -0.4 is 5.32 Å². The lowest BCUT2D eigenvalue weighted by molar-refractivity contribution is -0.124. The standard InChI is InChI=1S/C21H21N3O3/c1-16(18-10-6-3-7-11-18)23-20(25)15-27-21(26)19-12-22-24(14-19)13-17-8-4-2-5-9-17/h2-12,14,16H,13,15H2,1H3,(H,23,25). The molecule has 1 heterocycles. The molecule has 0 fully saturated rings. The maximum Gasteiger partial charge on any atom is 0.341 e. The van der Waals surface area contributed by atoms with Gasteiger partial charge < -0.3 is 10.1 Å². The van der Waals surface area contributed by atoms with E-state index in [2.05, 4.69) is 10.4 Å². The molecule has 0 saturated heterocycles. The molecule has 3 aromatic rings. The largest absolute Gasteiger partial charge is 0.452 e. The number of rotatable bonds is 7. The van der Waals surface area contributed by atoms with Crippen LogP contribution in [0.4, 0.5) is 0 Å². The third kappa shape index (κ3) is 5.28. The molecule has 6 nitrogen and oxygen atoms in total. The van der Waals surface area contributed by atoms with E-state index in [0.29, 0.717) is 12.1 Å². The number of amides is 1. The van der Waals surface area contributed by atoms with Gasteiger partial charge in [-0.05, 0) is 18.1 Å². The zero-order valence-corrected chi connectivity index (χ0v) is 15.0. The van der Waals surface area contributed by atoms with E-state index in [4.69, 9.17) is 4.74 Å². The molecule has 3 rings (SSSR count). The van der Waals surface area contributed by atoms with Gasteiger partial charge >= 0.3 is 5.97 Å². The van der Waals surface area contributed by atoms with E-state index >= 15 is 0 Å². The first-order valence-corrected chi connectivity index (χ1v) is 8.69. The minimum absolute atomic E-state index is 0.161. The number of ether oxygens (including phenoxy) is 1. The van der Waals surface area contributed by atoms with Crippen molar-refractivity contribution in [2.75, 3.05) is 6.61 Å². The highest BCUT2D eigenvalue weighted by atomic mass is 16.5. The number of hydrogen-bond donors (Lipinski definition) is 1. The van der Waals surface area contributed by atoms with Crippen LogP contribution in [0.25, 0.3) is 0 Å². The molecular formula is C21H21N3O3. The van der Waals surface area contributed by atoms with E-state index < -0.39 is 5.97 Å². The first-order chi connectivity index (χ1) is 13.1. The number of benzene rings is 2. The van der Waals surface area contributed by atoms with Crippen molar-refractivity contribution in [1.82, 2.24) is 15.1 Å². The van der Waals surface area contributed by atoms with Crippen LogP contribution in [0, 0.1) is 0 Å². The van der Waals surface area contributed by atoms with Crippen molar-refractivity contribution < 1.29 is 14.3 Å². The summed E-state index contributed by atoms with van der Waals surface area (Å²) in [6.45, 7) is 2.10. The van der Waals surface area contributed by atoms with Gasteiger partial charge in [-0.2, -0.15) is 5.10 Å². The fourth-order valence-corrected chi connectivity index (χ4v) is 2.65. The van der Waals surface area contributed by atoms with Crippen LogP contribution in [0.5, 0.6) is 0 Å². The number of esters is 1. The number of carbonyl (C=O) groups is 2. The molecule has 0 aliphatic carbocycles. The van der Waals surface area contributed by atoms with Gasteiger partial charge in [0.1, 0.15) is 0 Å². The third-order valence-corrected chi connectivity index (χ3v) is 4.07. The van der Waals surface area contributed by atoms with Crippen LogP contribution in [0.2, 0.25) is 0 Å². The Hall–Kier alpha value is -3.41. The molecule has 1 N–H and O–H groups in total. The second-order valence-electron chi connectivity index (χ2n) is 6.19. The van der Waals surface area contributed by atoms with Gasteiger partial charge in [-0.1, -0.05) is 60.7 Å². The second kappa shape index (κ2) is 8.80. The number of carbonyl (C=O) groups excluding carboxylic acids is 2. The molecule has 0 aliphatic heterocycles. The highest BCUT2D eigenvalue weighted by Gasteiger charge is 2.14. The van der Waals surface area contributed by atoms with Gasteiger partial charge in [-0.25, -0.2) is 4.79 Å². The molecule has 0 bridgehead atoms. The van der Waals surface area contributed by atoms with E-state index in [-0.39, 0.29) is 18.6 Å². The molecule has 1 atom stereocenters. The van der Waals surface area contributed by atoms with Crippen molar-refractivity contribution in [3.05, 3.63) is 89.7 Å². The zero-order valence-electron chi connectivity index (χ0n) is 15.0. The van der Waals surface area contributed by atoms with Crippen molar-refractivity contribution in [1.29, 1.82) is 0 Å². The van der Waals surface area contributed by atoms with Gasteiger partial charge in [0.2, 0.25) is 0 Å². The number of nitrogens with zero attached hydrogens (tertiary/aromatic N) is 2. The first kappa shape index (κ1) is 18.4.